The predicted octanol–water partition coefficient (Wildman–Crippen LogP) is 4.35. The molecule has 2 aromatic rings. The highest BCUT2D eigenvalue weighted by atomic mass is 35.5. The third-order valence-corrected chi connectivity index (χ3v) is 3.34. The van der Waals surface area contributed by atoms with E-state index >= 15 is 0 Å². The Labute approximate surface area is 114 Å². The molecule has 2 aromatic carbocycles. The number of halogens is 3. The molecule has 0 bridgehead atoms. The average molecular weight is 281 g/mol. The minimum Gasteiger partial charge on any atom is -0.294 e. The zero-order chi connectivity index (χ0) is 14.0. The van der Waals surface area contributed by atoms with E-state index < -0.39 is 11.6 Å². The Balaban J connectivity index is 2.26. The van der Waals surface area contributed by atoms with Crippen molar-refractivity contribution in [3.63, 3.8) is 0 Å². The van der Waals surface area contributed by atoms with Crippen molar-refractivity contribution in [2.45, 2.75) is 13.3 Å². The third kappa shape index (κ3) is 2.99. The van der Waals surface area contributed by atoms with Crippen molar-refractivity contribution in [1.82, 2.24) is 0 Å². The van der Waals surface area contributed by atoms with Gasteiger partial charge in [0.25, 0.3) is 0 Å². The maximum absolute atomic E-state index is 13.1. The SMILES string of the molecule is Cc1cccc(C(=O)Cc2ccc(F)c(F)c2)c1Cl. The Kier molecular flexibility index (Phi) is 3.96. The minimum absolute atomic E-state index is 0.0135. The molecule has 0 spiro atoms. The monoisotopic (exact) mass is 280 g/mol. The smallest absolute Gasteiger partial charge is 0.168 e. The first-order chi connectivity index (χ1) is 8.99. The number of Topliss-reactive ketones (excluding diaryl/α,β-unsaturated/α-hetero) is 1. The second kappa shape index (κ2) is 5.49. The van der Waals surface area contributed by atoms with Crippen molar-refractivity contribution < 1.29 is 13.6 Å². The van der Waals surface area contributed by atoms with Gasteiger partial charge in [0.05, 0.1) is 5.02 Å². The quantitative estimate of drug-likeness (QED) is 0.764. The van der Waals surface area contributed by atoms with Crippen LogP contribution in [-0.2, 0) is 6.42 Å². The zero-order valence-corrected chi connectivity index (χ0v) is 11.0. The van der Waals surface area contributed by atoms with Crippen LogP contribution in [0, 0.1) is 18.6 Å². The molecule has 0 unspecified atom stereocenters. The lowest BCUT2D eigenvalue weighted by atomic mass is 10.0. The molecule has 0 amide bonds. The fourth-order valence-electron chi connectivity index (χ4n) is 1.79. The van der Waals surface area contributed by atoms with Gasteiger partial charge in [0, 0.05) is 12.0 Å². The van der Waals surface area contributed by atoms with Gasteiger partial charge in [0.2, 0.25) is 0 Å². The first-order valence-corrected chi connectivity index (χ1v) is 6.09. The molecule has 0 fully saturated rings. The van der Waals surface area contributed by atoms with Gasteiger partial charge in [-0.3, -0.25) is 4.79 Å². The third-order valence-electron chi connectivity index (χ3n) is 2.84. The number of aryl methyl sites for hydroxylation is 1. The summed E-state index contributed by atoms with van der Waals surface area (Å²) in [7, 11) is 0. The Morgan fingerprint density at radius 1 is 1.16 bits per heavy atom. The summed E-state index contributed by atoms with van der Waals surface area (Å²) in [6.07, 6.45) is -0.0135. The highest BCUT2D eigenvalue weighted by Crippen LogP contribution is 2.22. The van der Waals surface area contributed by atoms with Crippen molar-refractivity contribution >= 4 is 17.4 Å². The second-order valence-electron chi connectivity index (χ2n) is 4.28. The van der Waals surface area contributed by atoms with Crippen LogP contribution in [0.15, 0.2) is 36.4 Å². The van der Waals surface area contributed by atoms with E-state index in [1.807, 2.05) is 0 Å². The van der Waals surface area contributed by atoms with Crippen LogP contribution in [0.5, 0.6) is 0 Å². The van der Waals surface area contributed by atoms with Gasteiger partial charge in [0.1, 0.15) is 0 Å². The Morgan fingerprint density at radius 2 is 1.89 bits per heavy atom. The summed E-state index contributed by atoms with van der Waals surface area (Å²) < 4.78 is 25.9. The molecule has 1 nitrogen and oxygen atoms in total. The number of hydrogen-bond donors (Lipinski definition) is 0. The largest absolute Gasteiger partial charge is 0.294 e. The van der Waals surface area contributed by atoms with E-state index in [9.17, 15) is 13.6 Å². The molecule has 0 heterocycles. The Bertz CT molecular complexity index is 638. The van der Waals surface area contributed by atoms with E-state index in [4.69, 9.17) is 11.6 Å². The van der Waals surface area contributed by atoms with Crippen LogP contribution >= 0.6 is 11.6 Å². The van der Waals surface area contributed by atoms with Gasteiger partial charge in [-0.1, -0.05) is 29.8 Å². The summed E-state index contributed by atoms with van der Waals surface area (Å²) in [6.45, 7) is 1.80. The van der Waals surface area contributed by atoms with E-state index in [1.54, 1.807) is 25.1 Å². The van der Waals surface area contributed by atoms with Crippen LogP contribution in [0.4, 0.5) is 8.78 Å². The highest BCUT2D eigenvalue weighted by Gasteiger charge is 2.13. The maximum Gasteiger partial charge on any atom is 0.168 e. The normalized spacial score (nSPS) is 10.5. The summed E-state index contributed by atoms with van der Waals surface area (Å²) in [5.74, 6) is -2.11. The van der Waals surface area contributed by atoms with Crippen LogP contribution in [0.1, 0.15) is 21.5 Å². The van der Waals surface area contributed by atoms with Gasteiger partial charge in [-0.05, 0) is 36.2 Å². The predicted molar refractivity (Wildman–Crippen MR) is 70.6 cm³/mol. The molecule has 0 aliphatic heterocycles. The molecule has 0 saturated heterocycles. The number of carbonyl (C=O) groups is 1. The van der Waals surface area contributed by atoms with Crippen molar-refractivity contribution in [3.8, 4) is 0 Å². The molecule has 98 valence electrons. The number of ketones is 1. The number of hydrogen-bond acceptors (Lipinski definition) is 1. The van der Waals surface area contributed by atoms with E-state index in [1.165, 1.54) is 6.07 Å². The Morgan fingerprint density at radius 3 is 2.58 bits per heavy atom. The number of carbonyl (C=O) groups excluding carboxylic acids is 1. The average Bonchev–Trinajstić information content (AvgIpc) is 2.37. The lowest BCUT2D eigenvalue weighted by molar-refractivity contribution is 0.0993. The van der Waals surface area contributed by atoms with Crippen LogP contribution in [0.2, 0.25) is 5.02 Å². The number of benzene rings is 2. The summed E-state index contributed by atoms with van der Waals surface area (Å²) in [5.41, 5.74) is 1.62. The molecule has 2 rings (SSSR count). The lowest BCUT2D eigenvalue weighted by Crippen LogP contribution is -2.05. The first kappa shape index (κ1) is 13.7. The van der Waals surface area contributed by atoms with Crippen LogP contribution in [0.25, 0.3) is 0 Å². The fraction of sp³-hybridized carbons (Fsp3) is 0.133. The van der Waals surface area contributed by atoms with Crippen LogP contribution in [-0.4, -0.2) is 5.78 Å². The Hall–Kier alpha value is -1.74. The molecule has 0 saturated carbocycles. The summed E-state index contributed by atoms with van der Waals surface area (Å²) in [4.78, 5) is 12.1. The van der Waals surface area contributed by atoms with E-state index in [2.05, 4.69) is 0 Å². The van der Waals surface area contributed by atoms with Crippen LogP contribution < -0.4 is 0 Å². The van der Waals surface area contributed by atoms with Gasteiger partial charge in [-0.2, -0.15) is 0 Å². The molecule has 4 heteroatoms. The first-order valence-electron chi connectivity index (χ1n) is 5.71. The summed E-state index contributed by atoms with van der Waals surface area (Å²) in [6, 6.07) is 8.58. The van der Waals surface area contributed by atoms with Crippen molar-refractivity contribution in [2.24, 2.45) is 0 Å². The van der Waals surface area contributed by atoms with Gasteiger partial charge < -0.3 is 0 Å². The zero-order valence-electron chi connectivity index (χ0n) is 10.2. The van der Waals surface area contributed by atoms with Crippen molar-refractivity contribution in [2.75, 3.05) is 0 Å². The van der Waals surface area contributed by atoms with Gasteiger partial charge in [0.15, 0.2) is 17.4 Å². The highest BCUT2D eigenvalue weighted by molar-refractivity contribution is 6.34. The lowest BCUT2D eigenvalue weighted by Gasteiger charge is -2.06. The molecular weight excluding hydrogens is 270 g/mol. The van der Waals surface area contributed by atoms with Gasteiger partial charge in [-0.25, -0.2) is 8.78 Å². The van der Waals surface area contributed by atoms with Gasteiger partial charge >= 0.3 is 0 Å². The maximum atomic E-state index is 13.1. The van der Waals surface area contributed by atoms with E-state index in [0.29, 0.717) is 16.1 Å². The van der Waals surface area contributed by atoms with E-state index in [-0.39, 0.29) is 12.2 Å². The topological polar surface area (TPSA) is 17.1 Å². The molecule has 0 aromatic heterocycles. The van der Waals surface area contributed by atoms with Crippen molar-refractivity contribution in [1.29, 1.82) is 0 Å². The molecule has 0 N–H and O–H groups in total. The summed E-state index contributed by atoms with van der Waals surface area (Å²) in [5, 5.41) is 0.398. The molecule has 19 heavy (non-hydrogen) atoms. The molecule has 0 radical (unpaired) electrons. The van der Waals surface area contributed by atoms with E-state index in [0.717, 1.165) is 17.7 Å². The minimum atomic E-state index is -0.958. The molecule has 0 aliphatic rings. The molecular formula is C15H11ClF2O. The summed E-state index contributed by atoms with van der Waals surface area (Å²) >= 11 is 6.06. The van der Waals surface area contributed by atoms with Crippen molar-refractivity contribution in [3.05, 3.63) is 69.7 Å². The van der Waals surface area contributed by atoms with Gasteiger partial charge in [-0.15, -0.1) is 0 Å². The standard InChI is InChI=1S/C15H11ClF2O/c1-9-3-2-4-11(15(9)16)14(19)8-10-5-6-12(17)13(18)7-10/h2-7H,8H2,1H3. The second-order valence-corrected chi connectivity index (χ2v) is 4.66. The molecule has 0 aliphatic carbocycles. The van der Waals surface area contributed by atoms with Crippen LogP contribution in [0.3, 0.4) is 0 Å². The molecule has 0 atom stereocenters. The number of rotatable bonds is 3. The fourth-order valence-corrected chi connectivity index (χ4v) is 2.02.